The number of carbonyl (C=O) groups excluding carboxylic acids is 1. The van der Waals surface area contributed by atoms with Gasteiger partial charge in [-0.1, -0.05) is 25.2 Å². The molecule has 1 aliphatic rings. The van der Waals surface area contributed by atoms with Crippen molar-refractivity contribution < 1.29 is 9.53 Å². The molecule has 1 fully saturated rings. The quantitative estimate of drug-likeness (QED) is 0.801. The lowest BCUT2D eigenvalue weighted by Crippen LogP contribution is -2.24. The van der Waals surface area contributed by atoms with E-state index in [0.29, 0.717) is 4.88 Å². The van der Waals surface area contributed by atoms with E-state index in [9.17, 15) is 4.79 Å². The molecule has 0 spiro atoms. The summed E-state index contributed by atoms with van der Waals surface area (Å²) < 4.78 is 4.80. The molecule has 1 aromatic heterocycles. The van der Waals surface area contributed by atoms with E-state index in [4.69, 9.17) is 4.74 Å². The molecule has 0 bridgehead atoms. The van der Waals surface area contributed by atoms with Gasteiger partial charge in [-0.25, -0.2) is 9.78 Å². The van der Waals surface area contributed by atoms with Crippen LogP contribution in [0.25, 0.3) is 0 Å². The molecule has 0 aromatic carbocycles. The molecule has 1 saturated heterocycles. The molecule has 1 aromatic rings. The van der Waals surface area contributed by atoms with E-state index in [2.05, 4.69) is 23.7 Å². The van der Waals surface area contributed by atoms with Gasteiger partial charge < -0.3 is 9.64 Å². The van der Waals surface area contributed by atoms with E-state index in [0.717, 1.165) is 35.8 Å². The number of hydrogen-bond donors (Lipinski definition) is 0. The Morgan fingerprint density at radius 1 is 1.40 bits per heavy atom. The molecule has 0 saturated carbocycles. The third-order valence-corrected chi connectivity index (χ3v) is 5.34. The highest BCUT2D eigenvalue weighted by atomic mass is 32.1. The molecule has 1 aliphatic heterocycles. The first-order valence-corrected chi connectivity index (χ1v) is 8.15. The van der Waals surface area contributed by atoms with E-state index >= 15 is 0 Å². The van der Waals surface area contributed by atoms with Crippen LogP contribution in [-0.2, 0) is 4.74 Å². The predicted octanol–water partition coefficient (Wildman–Crippen LogP) is 3.50. The van der Waals surface area contributed by atoms with Crippen molar-refractivity contribution in [1.82, 2.24) is 4.98 Å². The highest BCUT2D eigenvalue weighted by Crippen LogP contribution is 2.31. The van der Waals surface area contributed by atoms with Crippen LogP contribution in [0.3, 0.4) is 0 Å². The van der Waals surface area contributed by atoms with Gasteiger partial charge in [0.05, 0.1) is 12.8 Å². The fraction of sp³-hybridized carbons (Fsp3) is 0.733. The fourth-order valence-electron chi connectivity index (χ4n) is 2.78. The maximum Gasteiger partial charge on any atom is 0.350 e. The Kier molecular flexibility index (Phi) is 5.02. The van der Waals surface area contributed by atoms with Crippen LogP contribution in [0.5, 0.6) is 0 Å². The zero-order valence-corrected chi connectivity index (χ0v) is 13.6. The van der Waals surface area contributed by atoms with Gasteiger partial charge >= 0.3 is 5.97 Å². The summed E-state index contributed by atoms with van der Waals surface area (Å²) in [5.41, 5.74) is 0.779. The van der Waals surface area contributed by atoms with Crippen LogP contribution < -0.4 is 4.90 Å². The third kappa shape index (κ3) is 3.32. The molecule has 112 valence electrons. The number of aromatic nitrogens is 1. The molecule has 20 heavy (non-hydrogen) atoms. The Morgan fingerprint density at radius 2 is 2.15 bits per heavy atom. The zero-order valence-electron chi connectivity index (χ0n) is 12.8. The minimum Gasteiger partial charge on any atom is -0.465 e. The number of esters is 1. The minimum absolute atomic E-state index is 0.277. The van der Waals surface area contributed by atoms with Gasteiger partial charge in [-0.2, -0.15) is 0 Å². The van der Waals surface area contributed by atoms with Gasteiger partial charge in [-0.3, -0.25) is 0 Å². The van der Waals surface area contributed by atoms with Crippen LogP contribution in [0.4, 0.5) is 5.13 Å². The fourth-order valence-corrected chi connectivity index (χ4v) is 3.82. The molecule has 2 heterocycles. The van der Waals surface area contributed by atoms with Crippen LogP contribution in [0.1, 0.15) is 48.5 Å². The average Bonchev–Trinajstić information content (AvgIpc) is 2.65. The summed E-state index contributed by atoms with van der Waals surface area (Å²) in [6.45, 7) is 8.57. The maximum atomic E-state index is 11.7. The number of rotatable bonds is 3. The molecule has 0 N–H and O–H groups in total. The van der Waals surface area contributed by atoms with Crippen molar-refractivity contribution >= 4 is 22.4 Å². The summed E-state index contributed by atoms with van der Waals surface area (Å²) in [6, 6.07) is 0. The Hall–Kier alpha value is -1.10. The minimum atomic E-state index is -0.277. The first-order chi connectivity index (χ1) is 9.52. The van der Waals surface area contributed by atoms with Gasteiger partial charge in [0.15, 0.2) is 5.13 Å². The normalized spacial score (nSPS) is 20.1. The molecule has 0 amide bonds. The Labute approximate surface area is 125 Å². The van der Waals surface area contributed by atoms with Crippen molar-refractivity contribution in [1.29, 1.82) is 0 Å². The highest BCUT2D eigenvalue weighted by Gasteiger charge is 2.23. The van der Waals surface area contributed by atoms with E-state index in [-0.39, 0.29) is 5.97 Å². The Balaban J connectivity index is 2.10. The largest absolute Gasteiger partial charge is 0.465 e. The summed E-state index contributed by atoms with van der Waals surface area (Å²) in [5, 5.41) is 0.965. The SMILES string of the molecule is COC(=O)c1sc(N2CCCC(C(C)C)CC2)nc1C. The first-order valence-electron chi connectivity index (χ1n) is 7.33. The van der Waals surface area contributed by atoms with Gasteiger partial charge in [0.2, 0.25) is 0 Å². The van der Waals surface area contributed by atoms with Crippen molar-refractivity contribution in [2.75, 3.05) is 25.1 Å². The van der Waals surface area contributed by atoms with E-state index in [1.807, 2.05) is 6.92 Å². The number of ether oxygens (including phenoxy) is 1. The number of hydrogen-bond acceptors (Lipinski definition) is 5. The lowest BCUT2D eigenvalue weighted by atomic mass is 9.89. The van der Waals surface area contributed by atoms with Crippen LogP contribution in [0.15, 0.2) is 0 Å². The molecule has 4 nitrogen and oxygen atoms in total. The van der Waals surface area contributed by atoms with E-state index in [1.165, 1.54) is 37.7 Å². The molecule has 0 radical (unpaired) electrons. The monoisotopic (exact) mass is 296 g/mol. The number of aryl methyl sites for hydroxylation is 1. The van der Waals surface area contributed by atoms with Gasteiger partial charge in [0.25, 0.3) is 0 Å². The van der Waals surface area contributed by atoms with E-state index in [1.54, 1.807) is 0 Å². The van der Waals surface area contributed by atoms with Crippen molar-refractivity contribution in [3.63, 3.8) is 0 Å². The van der Waals surface area contributed by atoms with Gasteiger partial charge in [-0.15, -0.1) is 0 Å². The first kappa shape index (κ1) is 15.3. The Morgan fingerprint density at radius 3 is 2.80 bits per heavy atom. The van der Waals surface area contributed by atoms with Crippen molar-refractivity contribution in [2.24, 2.45) is 11.8 Å². The lowest BCUT2D eigenvalue weighted by molar-refractivity contribution is 0.0605. The number of anilines is 1. The Bertz CT molecular complexity index is 470. The van der Waals surface area contributed by atoms with Crippen LogP contribution >= 0.6 is 11.3 Å². The van der Waals surface area contributed by atoms with Crippen molar-refractivity contribution in [2.45, 2.75) is 40.0 Å². The molecular formula is C15H24N2O2S. The summed E-state index contributed by atoms with van der Waals surface area (Å²) in [5.74, 6) is 1.28. The topological polar surface area (TPSA) is 42.4 Å². The van der Waals surface area contributed by atoms with Crippen LogP contribution in [0.2, 0.25) is 0 Å². The summed E-state index contributed by atoms with van der Waals surface area (Å²) in [7, 11) is 1.42. The molecule has 1 atom stereocenters. The standard InChI is InChI=1S/C15H24N2O2S/c1-10(2)12-6-5-8-17(9-7-12)15-16-11(3)13(20-15)14(18)19-4/h10,12H,5-9H2,1-4H3. The summed E-state index contributed by atoms with van der Waals surface area (Å²) in [4.78, 5) is 19.2. The summed E-state index contributed by atoms with van der Waals surface area (Å²) in [6.07, 6.45) is 3.71. The number of carbonyl (C=O) groups is 1. The van der Waals surface area contributed by atoms with Gasteiger partial charge in [0, 0.05) is 13.1 Å². The van der Waals surface area contributed by atoms with Crippen molar-refractivity contribution in [3.05, 3.63) is 10.6 Å². The molecular weight excluding hydrogens is 272 g/mol. The van der Waals surface area contributed by atoms with Crippen molar-refractivity contribution in [3.8, 4) is 0 Å². The van der Waals surface area contributed by atoms with Gasteiger partial charge in [0.1, 0.15) is 4.88 Å². The smallest absolute Gasteiger partial charge is 0.350 e. The predicted molar refractivity (Wildman–Crippen MR) is 82.6 cm³/mol. The van der Waals surface area contributed by atoms with Crippen LogP contribution in [-0.4, -0.2) is 31.2 Å². The second-order valence-corrected chi connectivity index (χ2v) is 6.80. The number of nitrogens with zero attached hydrogens (tertiary/aromatic N) is 2. The summed E-state index contributed by atoms with van der Waals surface area (Å²) >= 11 is 1.46. The second kappa shape index (κ2) is 6.57. The highest BCUT2D eigenvalue weighted by molar-refractivity contribution is 7.17. The molecule has 5 heteroatoms. The van der Waals surface area contributed by atoms with Crippen LogP contribution in [0, 0.1) is 18.8 Å². The number of thiazole rings is 1. The maximum absolute atomic E-state index is 11.7. The lowest BCUT2D eigenvalue weighted by Gasteiger charge is -2.20. The molecule has 0 aliphatic carbocycles. The average molecular weight is 296 g/mol. The number of methoxy groups -OCH3 is 1. The zero-order chi connectivity index (χ0) is 14.7. The molecule has 2 rings (SSSR count). The van der Waals surface area contributed by atoms with Gasteiger partial charge in [-0.05, 0) is 38.0 Å². The van der Waals surface area contributed by atoms with E-state index < -0.39 is 0 Å². The second-order valence-electron chi connectivity index (χ2n) is 5.82. The third-order valence-electron chi connectivity index (χ3n) is 4.14. The molecule has 1 unspecified atom stereocenters.